The molecule has 4 rings (SSSR count). The van der Waals surface area contributed by atoms with Crippen LogP contribution >= 0.6 is 0 Å². The number of aromatic nitrogens is 2. The average Bonchev–Trinajstić information content (AvgIpc) is 3.18. The summed E-state index contributed by atoms with van der Waals surface area (Å²) in [6.45, 7) is 5.03. The topological polar surface area (TPSA) is 41.3 Å². The highest BCUT2D eigenvalue weighted by atomic mass is 16.3. The van der Waals surface area contributed by atoms with Gasteiger partial charge in [-0.25, -0.2) is 4.98 Å². The minimum absolute atomic E-state index is 0.293. The van der Waals surface area contributed by atoms with Gasteiger partial charge in [0.2, 0.25) is 0 Å². The lowest BCUT2D eigenvalue weighted by Gasteiger charge is -2.22. The van der Waals surface area contributed by atoms with Crippen LogP contribution in [0.3, 0.4) is 0 Å². The Bertz CT molecular complexity index is 709. The molecule has 134 valence electrons. The lowest BCUT2D eigenvalue weighted by Crippen LogP contribution is -2.32. The van der Waals surface area contributed by atoms with Gasteiger partial charge in [-0.3, -0.25) is 4.90 Å². The highest BCUT2D eigenvalue weighted by molar-refractivity contribution is 5.21. The summed E-state index contributed by atoms with van der Waals surface area (Å²) >= 11 is 0. The van der Waals surface area contributed by atoms with E-state index in [2.05, 4.69) is 28.5 Å². The van der Waals surface area contributed by atoms with E-state index in [1.165, 1.54) is 48.5 Å². The molecule has 0 bridgehead atoms. The zero-order valence-electron chi connectivity index (χ0n) is 15.2. The first kappa shape index (κ1) is 16.8. The monoisotopic (exact) mass is 339 g/mol. The molecule has 4 heteroatoms. The lowest BCUT2D eigenvalue weighted by atomic mass is 10.0. The van der Waals surface area contributed by atoms with Crippen molar-refractivity contribution in [2.24, 2.45) is 0 Å². The molecule has 1 saturated heterocycles. The third-order valence-corrected chi connectivity index (χ3v) is 5.74. The van der Waals surface area contributed by atoms with Gasteiger partial charge >= 0.3 is 0 Å². The van der Waals surface area contributed by atoms with Gasteiger partial charge in [0.05, 0.1) is 11.8 Å². The Kier molecular flexibility index (Phi) is 4.91. The molecule has 1 aliphatic heterocycles. The van der Waals surface area contributed by atoms with Crippen LogP contribution in [0.4, 0.5) is 0 Å². The number of benzene rings is 1. The van der Waals surface area contributed by atoms with Crippen LogP contribution in [0.5, 0.6) is 0 Å². The van der Waals surface area contributed by atoms with Crippen molar-refractivity contribution in [2.75, 3.05) is 19.6 Å². The van der Waals surface area contributed by atoms with Gasteiger partial charge in [-0.1, -0.05) is 30.3 Å². The maximum Gasteiger partial charge on any atom is 0.106 e. The summed E-state index contributed by atoms with van der Waals surface area (Å²) < 4.78 is 2.51. The van der Waals surface area contributed by atoms with Crippen LogP contribution in [-0.4, -0.2) is 45.3 Å². The fourth-order valence-electron chi connectivity index (χ4n) is 4.62. The maximum atomic E-state index is 10.5. The van der Waals surface area contributed by atoms with Crippen molar-refractivity contribution in [2.45, 2.75) is 57.6 Å². The van der Waals surface area contributed by atoms with Crippen molar-refractivity contribution in [3.8, 4) is 0 Å². The number of aliphatic hydroxyl groups is 1. The Balaban J connectivity index is 1.38. The fraction of sp³-hybridized carbons (Fsp3) is 0.571. The molecule has 25 heavy (non-hydrogen) atoms. The summed E-state index contributed by atoms with van der Waals surface area (Å²) in [6, 6.07) is 10.8. The standard InChI is InChI=1S/C21H29N3O/c1-16-22-20-9-5-6-10-21(20)24(16)18-11-12-23(14-18)15-19(25)13-17-7-3-2-4-8-17/h2-4,7-8,18-19,25H,5-6,9-15H2,1H3/t18-,19-/m1/s1. The quantitative estimate of drug-likeness (QED) is 0.911. The molecule has 2 atom stereocenters. The van der Waals surface area contributed by atoms with E-state index in [1.54, 1.807) is 0 Å². The Morgan fingerprint density at radius 3 is 2.84 bits per heavy atom. The van der Waals surface area contributed by atoms with Gasteiger partial charge in [-0.2, -0.15) is 0 Å². The van der Waals surface area contributed by atoms with Gasteiger partial charge in [0.1, 0.15) is 5.82 Å². The van der Waals surface area contributed by atoms with Gasteiger partial charge in [-0.15, -0.1) is 0 Å². The summed E-state index contributed by atoms with van der Waals surface area (Å²) in [4.78, 5) is 7.26. The van der Waals surface area contributed by atoms with Crippen LogP contribution in [0, 0.1) is 6.92 Å². The number of nitrogens with zero attached hydrogens (tertiary/aromatic N) is 3. The molecule has 0 amide bonds. The zero-order valence-corrected chi connectivity index (χ0v) is 15.2. The molecule has 0 unspecified atom stereocenters. The third kappa shape index (κ3) is 3.65. The number of imidazole rings is 1. The number of hydrogen-bond acceptors (Lipinski definition) is 3. The largest absolute Gasteiger partial charge is 0.391 e. The van der Waals surface area contributed by atoms with Crippen LogP contribution in [-0.2, 0) is 19.3 Å². The molecule has 0 saturated carbocycles. The Hall–Kier alpha value is -1.65. The summed E-state index contributed by atoms with van der Waals surface area (Å²) in [5.74, 6) is 1.18. The number of aliphatic hydroxyl groups excluding tert-OH is 1. The minimum Gasteiger partial charge on any atom is -0.391 e. The summed E-state index contributed by atoms with van der Waals surface area (Å²) in [6.07, 6.45) is 6.53. The molecular formula is C21H29N3O. The van der Waals surface area contributed by atoms with Gasteiger partial charge < -0.3 is 9.67 Å². The molecule has 4 nitrogen and oxygen atoms in total. The molecule has 1 fully saturated rings. The molecule has 1 aliphatic carbocycles. The van der Waals surface area contributed by atoms with Crippen LogP contribution in [0.1, 0.15) is 48.1 Å². The number of hydrogen-bond donors (Lipinski definition) is 1. The summed E-state index contributed by atoms with van der Waals surface area (Å²) in [5.41, 5.74) is 4.04. The van der Waals surface area contributed by atoms with Crippen molar-refractivity contribution in [3.05, 3.63) is 53.1 Å². The number of rotatable bonds is 5. The molecule has 2 heterocycles. The van der Waals surface area contributed by atoms with E-state index in [1.807, 2.05) is 18.2 Å². The van der Waals surface area contributed by atoms with Crippen molar-refractivity contribution in [1.82, 2.24) is 14.5 Å². The second kappa shape index (κ2) is 7.30. The van der Waals surface area contributed by atoms with Crippen molar-refractivity contribution < 1.29 is 5.11 Å². The number of likely N-dealkylation sites (tertiary alicyclic amines) is 1. The maximum absolute atomic E-state index is 10.5. The zero-order chi connectivity index (χ0) is 17.2. The van der Waals surface area contributed by atoms with Gasteiger partial charge in [0, 0.05) is 31.4 Å². The van der Waals surface area contributed by atoms with Gasteiger partial charge in [0.25, 0.3) is 0 Å². The second-order valence-corrected chi connectivity index (χ2v) is 7.68. The van der Waals surface area contributed by atoms with Gasteiger partial charge in [-0.05, 0) is 51.0 Å². The van der Waals surface area contributed by atoms with E-state index in [9.17, 15) is 5.11 Å². The first-order valence-corrected chi connectivity index (χ1v) is 9.71. The van der Waals surface area contributed by atoms with E-state index in [-0.39, 0.29) is 6.10 Å². The van der Waals surface area contributed by atoms with Crippen molar-refractivity contribution in [1.29, 1.82) is 0 Å². The van der Waals surface area contributed by atoms with E-state index in [4.69, 9.17) is 4.98 Å². The predicted octanol–water partition coefficient (Wildman–Crippen LogP) is 2.92. The molecule has 1 aromatic carbocycles. The summed E-state index contributed by atoms with van der Waals surface area (Å²) in [5, 5.41) is 10.5. The van der Waals surface area contributed by atoms with Crippen molar-refractivity contribution >= 4 is 0 Å². The predicted molar refractivity (Wildman–Crippen MR) is 99.9 cm³/mol. The van der Waals surface area contributed by atoms with Crippen LogP contribution in [0.2, 0.25) is 0 Å². The molecule has 1 N–H and O–H groups in total. The van der Waals surface area contributed by atoms with E-state index in [0.29, 0.717) is 6.04 Å². The fourth-order valence-corrected chi connectivity index (χ4v) is 4.62. The van der Waals surface area contributed by atoms with Crippen LogP contribution in [0.25, 0.3) is 0 Å². The van der Waals surface area contributed by atoms with Crippen LogP contribution in [0.15, 0.2) is 30.3 Å². The summed E-state index contributed by atoms with van der Waals surface area (Å²) in [7, 11) is 0. The lowest BCUT2D eigenvalue weighted by molar-refractivity contribution is 0.123. The second-order valence-electron chi connectivity index (χ2n) is 7.68. The molecule has 1 aromatic heterocycles. The number of β-amino-alcohol motifs (C(OH)–C–C–N with tert-alkyl or cyclic N) is 1. The molecule has 0 radical (unpaired) electrons. The SMILES string of the molecule is Cc1nc2c(n1[C@@H]1CCN(C[C@H](O)Cc3ccccc3)C1)CCCC2. The van der Waals surface area contributed by atoms with Gasteiger partial charge in [0.15, 0.2) is 0 Å². The molecule has 2 aromatic rings. The first-order valence-electron chi connectivity index (χ1n) is 9.71. The Morgan fingerprint density at radius 1 is 1.20 bits per heavy atom. The molecular weight excluding hydrogens is 310 g/mol. The smallest absolute Gasteiger partial charge is 0.106 e. The highest BCUT2D eigenvalue weighted by Gasteiger charge is 2.29. The van der Waals surface area contributed by atoms with E-state index < -0.39 is 0 Å². The molecule has 0 spiro atoms. The van der Waals surface area contributed by atoms with Crippen molar-refractivity contribution in [3.63, 3.8) is 0 Å². The Labute approximate surface area is 150 Å². The first-order chi connectivity index (χ1) is 12.2. The highest BCUT2D eigenvalue weighted by Crippen LogP contribution is 2.30. The van der Waals surface area contributed by atoms with Crippen LogP contribution < -0.4 is 0 Å². The minimum atomic E-state index is -0.293. The molecule has 2 aliphatic rings. The van der Waals surface area contributed by atoms with E-state index in [0.717, 1.165) is 32.5 Å². The normalized spacial score (nSPS) is 22.1. The number of fused-ring (bicyclic) bond motifs is 1. The number of aryl methyl sites for hydroxylation is 2. The van der Waals surface area contributed by atoms with E-state index >= 15 is 0 Å². The average molecular weight is 339 g/mol. The third-order valence-electron chi connectivity index (χ3n) is 5.74. The Morgan fingerprint density at radius 2 is 2.00 bits per heavy atom.